The fourth-order valence-electron chi connectivity index (χ4n) is 2.45. The Hall–Kier alpha value is -2.08. The van der Waals surface area contributed by atoms with Crippen LogP contribution in [0.5, 0.6) is 0 Å². The second-order valence-corrected chi connectivity index (χ2v) is 6.00. The molecule has 1 aromatic rings. The number of hydrogen-bond donors (Lipinski definition) is 3. The van der Waals surface area contributed by atoms with Crippen LogP contribution in [0, 0.1) is 5.41 Å². The van der Waals surface area contributed by atoms with Crippen molar-refractivity contribution in [1.29, 1.82) is 0 Å². The van der Waals surface area contributed by atoms with E-state index in [-0.39, 0.29) is 17.9 Å². The number of nitrogens with one attached hydrogen (secondary N) is 2. The number of carboxylic acid groups (broad SMARTS) is 1. The second kappa shape index (κ2) is 8.68. The van der Waals surface area contributed by atoms with Crippen molar-refractivity contribution >= 4 is 35.1 Å². The number of aliphatic carboxylic acids is 1. The lowest BCUT2D eigenvalue weighted by Gasteiger charge is -2.26. The molecule has 0 aliphatic rings. The number of amides is 2. The molecule has 0 heterocycles. The average Bonchev–Trinajstić information content (AvgIpc) is 2.54. The van der Waals surface area contributed by atoms with E-state index in [1.165, 1.54) is 12.1 Å². The van der Waals surface area contributed by atoms with Crippen molar-refractivity contribution in [3.8, 4) is 0 Å². The minimum Gasteiger partial charge on any atom is -0.481 e. The van der Waals surface area contributed by atoms with E-state index in [1.807, 2.05) is 0 Å². The van der Waals surface area contributed by atoms with Crippen LogP contribution in [0.2, 0.25) is 5.02 Å². The van der Waals surface area contributed by atoms with Gasteiger partial charge >= 0.3 is 5.97 Å². The monoisotopic (exact) mass is 354 g/mol. The molecular formula is C17H23ClN2O4. The smallest absolute Gasteiger partial charge is 0.310 e. The number of anilines is 1. The van der Waals surface area contributed by atoms with E-state index in [2.05, 4.69) is 10.6 Å². The van der Waals surface area contributed by atoms with Crippen molar-refractivity contribution in [2.24, 2.45) is 5.41 Å². The minimum absolute atomic E-state index is 0.160. The molecule has 0 aliphatic heterocycles. The van der Waals surface area contributed by atoms with Gasteiger partial charge in [-0.05, 0) is 38.0 Å². The van der Waals surface area contributed by atoms with Gasteiger partial charge in [0.2, 0.25) is 5.91 Å². The van der Waals surface area contributed by atoms with E-state index in [0.29, 0.717) is 30.1 Å². The second-order valence-electron chi connectivity index (χ2n) is 5.57. The molecule has 6 nitrogen and oxygen atoms in total. The Kier molecular flexibility index (Phi) is 7.22. The molecule has 1 rings (SSSR count). The van der Waals surface area contributed by atoms with Gasteiger partial charge in [0.05, 0.1) is 16.7 Å². The maximum atomic E-state index is 12.3. The molecule has 0 bridgehead atoms. The fourth-order valence-corrected chi connectivity index (χ4v) is 2.62. The first kappa shape index (κ1) is 20.0. The van der Waals surface area contributed by atoms with Gasteiger partial charge in [-0.15, -0.1) is 0 Å². The lowest BCUT2D eigenvalue weighted by atomic mass is 9.79. The highest BCUT2D eigenvalue weighted by molar-refractivity contribution is 6.31. The van der Waals surface area contributed by atoms with Crippen LogP contribution in [0.3, 0.4) is 0 Å². The normalized spacial score (nSPS) is 11.0. The maximum absolute atomic E-state index is 12.3. The molecule has 0 saturated heterocycles. The van der Waals surface area contributed by atoms with Crippen molar-refractivity contribution in [2.45, 2.75) is 40.0 Å². The standard InChI is InChI=1S/C17H23ClN2O4/c1-4-17(5-2,16(23)24)10-14(21)20-13-8-7-11(18)9-12(13)15(22)19-6-3/h7-9H,4-6,10H2,1-3H3,(H,19,22)(H,20,21)(H,23,24). The van der Waals surface area contributed by atoms with Gasteiger partial charge in [-0.25, -0.2) is 0 Å². The molecule has 7 heteroatoms. The molecule has 1 aromatic carbocycles. The van der Waals surface area contributed by atoms with E-state index < -0.39 is 17.3 Å². The summed E-state index contributed by atoms with van der Waals surface area (Å²) in [6, 6.07) is 4.56. The Morgan fingerprint density at radius 1 is 1.17 bits per heavy atom. The van der Waals surface area contributed by atoms with Gasteiger partial charge in [0, 0.05) is 18.0 Å². The highest BCUT2D eigenvalue weighted by Crippen LogP contribution is 2.32. The number of hydrogen-bond acceptors (Lipinski definition) is 3. The Morgan fingerprint density at radius 3 is 2.29 bits per heavy atom. The first-order valence-corrected chi connectivity index (χ1v) is 8.28. The predicted molar refractivity (Wildman–Crippen MR) is 93.4 cm³/mol. The van der Waals surface area contributed by atoms with Crippen molar-refractivity contribution < 1.29 is 19.5 Å². The number of halogens is 1. The van der Waals surface area contributed by atoms with Gasteiger partial charge in [0.15, 0.2) is 0 Å². The average molecular weight is 355 g/mol. The summed E-state index contributed by atoms with van der Waals surface area (Å²) in [5, 5.41) is 15.1. The van der Waals surface area contributed by atoms with Crippen LogP contribution in [0.25, 0.3) is 0 Å². The molecule has 0 aromatic heterocycles. The van der Waals surface area contributed by atoms with E-state index in [0.717, 1.165) is 0 Å². The SMILES string of the molecule is CCNC(=O)c1cc(Cl)ccc1NC(=O)CC(CC)(CC)C(=O)O. The predicted octanol–water partition coefficient (Wildman–Crippen LogP) is 3.31. The zero-order valence-electron chi connectivity index (χ0n) is 14.1. The summed E-state index contributed by atoms with van der Waals surface area (Å²) in [4.78, 5) is 35.9. The molecular weight excluding hydrogens is 332 g/mol. The number of benzene rings is 1. The highest BCUT2D eigenvalue weighted by atomic mass is 35.5. The summed E-state index contributed by atoms with van der Waals surface area (Å²) in [5.74, 6) is -1.80. The molecule has 132 valence electrons. The summed E-state index contributed by atoms with van der Waals surface area (Å²) in [7, 11) is 0. The van der Waals surface area contributed by atoms with E-state index in [1.54, 1.807) is 26.8 Å². The Labute approximate surface area is 146 Å². The third kappa shape index (κ3) is 4.71. The molecule has 0 spiro atoms. The van der Waals surface area contributed by atoms with E-state index >= 15 is 0 Å². The number of carbonyl (C=O) groups excluding carboxylic acids is 2. The molecule has 0 unspecified atom stereocenters. The van der Waals surface area contributed by atoms with Crippen LogP contribution < -0.4 is 10.6 Å². The first-order valence-electron chi connectivity index (χ1n) is 7.90. The number of rotatable bonds is 8. The molecule has 0 fully saturated rings. The molecule has 0 saturated carbocycles. The highest BCUT2D eigenvalue weighted by Gasteiger charge is 2.37. The van der Waals surface area contributed by atoms with Crippen LogP contribution in [0.15, 0.2) is 18.2 Å². The van der Waals surface area contributed by atoms with Crippen LogP contribution in [-0.2, 0) is 9.59 Å². The summed E-state index contributed by atoms with van der Waals surface area (Å²) in [6.45, 7) is 5.71. The zero-order chi connectivity index (χ0) is 18.3. The maximum Gasteiger partial charge on any atom is 0.310 e. The van der Waals surface area contributed by atoms with Gasteiger partial charge in [0.1, 0.15) is 0 Å². The summed E-state index contributed by atoms with van der Waals surface area (Å²) >= 11 is 5.92. The quantitative estimate of drug-likeness (QED) is 0.667. The van der Waals surface area contributed by atoms with Crippen LogP contribution >= 0.6 is 11.6 Å². The number of carboxylic acids is 1. The fraction of sp³-hybridized carbons (Fsp3) is 0.471. The Balaban J connectivity index is 3.02. The van der Waals surface area contributed by atoms with Crippen molar-refractivity contribution in [3.05, 3.63) is 28.8 Å². The summed E-state index contributed by atoms with van der Waals surface area (Å²) < 4.78 is 0. The van der Waals surface area contributed by atoms with E-state index in [4.69, 9.17) is 11.6 Å². The largest absolute Gasteiger partial charge is 0.481 e. The molecule has 3 N–H and O–H groups in total. The van der Waals surface area contributed by atoms with Crippen LogP contribution in [-0.4, -0.2) is 29.4 Å². The third-order valence-corrected chi connectivity index (χ3v) is 4.38. The van der Waals surface area contributed by atoms with Gasteiger partial charge in [-0.1, -0.05) is 25.4 Å². The molecule has 0 atom stereocenters. The van der Waals surface area contributed by atoms with Gasteiger partial charge in [-0.3, -0.25) is 14.4 Å². The van der Waals surface area contributed by atoms with Crippen LogP contribution in [0.4, 0.5) is 5.69 Å². The van der Waals surface area contributed by atoms with Crippen LogP contribution in [0.1, 0.15) is 50.4 Å². The van der Waals surface area contributed by atoms with Gasteiger partial charge in [-0.2, -0.15) is 0 Å². The lowest BCUT2D eigenvalue weighted by Crippen LogP contribution is -2.34. The van der Waals surface area contributed by atoms with E-state index in [9.17, 15) is 19.5 Å². The molecule has 0 aliphatic carbocycles. The van der Waals surface area contributed by atoms with Gasteiger partial charge in [0.25, 0.3) is 5.91 Å². The van der Waals surface area contributed by atoms with Crippen molar-refractivity contribution in [2.75, 3.05) is 11.9 Å². The molecule has 0 radical (unpaired) electrons. The number of carbonyl (C=O) groups is 3. The third-order valence-electron chi connectivity index (χ3n) is 4.14. The van der Waals surface area contributed by atoms with Crippen molar-refractivity contribution in [3.63, 3.8) is 0 Å². The lowest BCUT2D eigenvalue weighted by molar-refractivity contribution is -0.151. The first-order chi connectivity index (χ1) is 11.3. The van der Waals surface area contributed by atoms with Crippen molar-refractivity contribution in [1.82, 2.24) is 5.32 Å². The summed E-state index contributed by atoms with van der Waals surface area (Å²) in [6.07, 6.45) is 0.527. The summed E-state index contributed by atoms with van der Waals surface area (Å²) in [5.41, 5.74) is -0.559. The van der Waals surface area contributed by atoms with Gasteiger partial charge < -0.3 is 15.7 Å². The Morgan fingerprint density at radius 2 is 1.79 bits per heavy atom. The zero-order valence-corrected chi connectivity index (χ0v) is 14.9. The Bertz CT molecular complexity index is 627. The minimum atomic E-state index is -1.11. The molecule has 24 heavy (non-hydrogen) atoms. The topological polar surface area (TPSA) is 95.5 Å². The molecule has 2 amide bonds.